The third-order valence-corrected chi connectivity index (χ3v) is 6.47. The van der Waals surface area contributed by atoms with Gasteiger partial charge in [-0.25, -0.2) is 4.98 Å². The van der Waals surface area contributed by atoms with E-state index >= 15 is 0 Å². The van der Waals surface area contributed by atoms with Crippen molar-refractivity contribution in [3.63, 3.8) is 0 Å². The van der Waals surface area contributed by atoms with Crippen LogP contribution in [-0.2, 0) is 17.1 Å². The third-order valence-electron chi connectivity index (χ3n) is 5.43. The average Bonchev–Trinajstić information content (AvgIpc) is 3.16. The number of benzene rings is 3. The summed E-state index contributed by atoms with van der Waals surface area (Å²) in [7, 11) is 0. The second-order valence-electron chi connectivity index (χ2n) is 7.54. The molecule has 1 aliphatic heterocycles. The maximum Gasteiger partial charge on any atom is 0.240 e. The Morgan fingerprint density at radius 2 is 1.81 bits per heavy atom. The number of carbonyl (C=O) groups is 1. The molecule has 0 unspecified atom stereocenters. The number of nitrogens with one attached hydrogen (secondary N) is 1. The van der Waals surface area contributed by atoms with Gasteiger partial charge in [0.1, 0.15) is 12.3 Å². The van der Waals surface area contributed by atoms with Crippen molar-refractivity contribution in [2.45, 2.75) is 29.9 Å². The molecule has 31 heavy (non-hydrogen) atoms. The third kappa shape index (κ3) is 4.30. The molecule has 0 aliphatic carbocycles. The first-order chi connectivity index (χ1) is 15.3. The summed E-state index contributed by atoms with van der Waals surface area (Å²) in [6.45, 7) is 0.839. The number of amides is 1. The van der Waals surface area contributed by atoms with E-state index in [4.69, 9.17) is 9.72 Å². The molecule has 0 bridgehead atoms. The summed E-state index contributed by atoms with van der Waals surface area (Å²) in [5.41, 5.74) is 4.15. The van der Waals surface area contributed by atoms with Crippen LogP contribution in [-0.4, -0.2) is 22.1 Å². The number of hydrogen-bond acceptors (Lipinski definition) is 4. The number of rotatable bonds is 6. The van der Waals surface area contributed by atoms with Crippen molar-refractivity contribution in [2.75, 3.05) is 6.61 Å². The highest BCUT2D eigenvalue weighted by atomic mass is 32.2. The normalized spacial score (nSPS) is 15.3. The lowest BCUT2D eigenvalue weighted by Gasteiger charge is -2.26. The van der Waals surface area contributed by atoms with E-state index in [1.807, 2.05) is 71.3 Å². The number of ether oxygens (including phenoxy) is 1. The molecule has 4 aromatic rings. The predicted octanol–water partition coefficient (Wildman–Crippen LogP) is 4.97. The molecule has 6 heteroatoms. The van der Waals surface area contributed by atoms with E-state index < -0.39 is 0 Å². The van der Waals surface area contributed by atoms with E-state index in [1.54, 1.807) is 11.8 Å². The Labute approximate surface area is 185 Å². The summed E-state index contributed by atoms with van der Waals surface area (Å²) in [5, 5.41) is 4.06. The van der Waals surface area contributed by atoms with Gasteiger partial charge in [0.15, 0.2) is 5.16 Å². The minimum Gasteiger partial charge on any atom is -0.493 e. The van der Waals surface area contributed by atoms with Crippen LogP contribution in [0.15, 0.2) is 84.0 Å². The lowest BCUT2D eigenvalue weighted by atomic mass is 10.0. The Bertz CT molecular complexity index is 1210. The van der Waals surface area contributed by atoms with Crippen LogP contribution in [0.3, 0.4) is 0 Å². The van der Waals surface area contributed by atoms with E-state index in [-0.39, 0.29) is 18.5 Å². The highest BCUT2D eigenvalue weighted by molar-refractivity contribution is 7.98. The van der Waals surface area contributed by atoms with E-state index in [1.165, 1.54) is 5.56 Å². The molecule has 1 amide bonds. The van der Waals surface area contributed by atoms with Gasteiger partial charge in [0.05, 0.1) is 23.7 Å². The summed E-state index contributed by atoms with van der Waals surface area (Å²) in [5.74, 6) is 1.64. The Hall–Kier alpha value is -3.25. The molecule has 2 heterocycles. The second-order valence-corrected chi connectivity index (χ2v) is 8.48. The van der Waals surface area contributed by atoms with E-state index in [9.17, 15) is 4.79 Å². The fourth-order valence-corrected chi connectivity index (χ4v) is 4.88. The van der Waals surface area contributed by atoms with Crippen LogP contribution in [0.2, 0.25) is 0 Å². The molecule has 0 fully saturated rings. The zero-order valence-corrected chi connectivity index (χ0v) is 17.8. The molecule has 1 aliphatic rings. The number of hydrogen-bond donors (Lipinski definition) is 1. The molecule has 0 saturated heterocycles. The molecule has 0 saturated carbocycles. The minimum absolute atomic E-state index is 0.0218. The molecule has 1 N–H and O–H groups in total. The molecule has 5 rings (SSSR count). The number of aromatic nitrogens is 2. The summed E-state index contributed by atoms with van der Waals surface area (Å²) < 4.78 is 7.74. The van der Waals surface area contributed by atoms with Gasteiger partial charge in [-0.3, -0.25) is 4.79 Å². The van der Waals surface area contributed by atoms with E-state index in [2.05, 4.69) is 17.4 Å². The molecule has 0 radical (unpaired) electrons. The molecular formula is C25H23N3O2S. The van der Waals surface area contributed by atoms with Crippen LogP contribution >= 0.6 is 11.8 Å². The first-order valence-electron chi connectivity index (χ1n) is 10.4. The van der Waals surface area contributed by atoms with Gasteiger partial charge in [0, 0.05) is 17.7 Å². The number of imidazole rings is 1. The van der Waals surface area contributed by atoms with Crippen LogP contribution in [0.5, 0.6) is 5.75 Å². The van der Waals surface area contributed by atoms with Gasteiger partial charge in [0.25, 0.3) is 0 Å². The Morgan fingerprint density at radius 3 is 2.71 bits per heavy atom. The van der Waals surface area contributed by atoms with Gasteiger partial charge >= 0.3 is 0 Å². The molecule has 3 aromatic carbocycles. The number of thioether (sulfide) groups is 1. The van der Waals surface area contributed by atoms with Gasteiger partial charge in [-0.15, -0.1) is 0 Å². The van der Waals surface area contributed by atoms with Gasteiger partial charge in [-0.2, -0.15) is 0 Å². The maximum atomic E-state index is 13.0. The lowest BCUT2D eigenvalue weighted by Crippen LogP contribution is -2.34. The zero-order valence-electron chi connectivity index (χ0n) is 17.0. The summed E-state index contributed by atoms with van der Waals surface area (Å²) >= 11 is 1.65. The average molecular weight is 430 g/mol. The highest BCUT2D eigenvalue weighted by Gasteiger charge is 2.23. The molecule has 156 valence electrons. The summed E-state index contributed by atoms with van der Waals surface area (Å²) in [4.78, 5) is 17.8. The maximum absolute atomic E-state index is 13.0. The predicted molar refractivity (Wildman–Crippen MR) is 123 cm³/mol. The van der Waals surface area contributed by atoms with Gasteiger partial charge in [-0.1, -0.05) is 72.4 Å². The molecule has 1 aromatic heterocycles. The summed E-state index contributed by atoms with van der Waals surface area (Å²) in [6, 6.07) is 26.2. The molecule has 1 atom stereocenters. The second kappa shape index (κ2) is 8.86. The smallest absolute Gasteiger partial charge is 0.240 e. The number of fused-ring (bicyclic) bond motifs is 2. The van der Waals surface area contributed by atoms with Crippen LogP contribution in [0.1, 0.15) is 23.6 Å². The largest absolute Gasteiger partial charge is 0.493 e. The SMILES string of the molecule is O=C(Cn1c(SCc2ccccc2)nc2ccccc21)N[C@@H]1CCOc2ccccc21. The van der Waals surface area contributed by atoms with E-state index in [0.717, 1.165) is 39.7 Å². The van der Waals surface area contributed by atoms with Crippen molar-refractivity contribution in [3.05, 3.63) is 90.0 Å². The van der Waals surface area contributed by atoms with Gasteiger partial charge in [-0.05, 0) is 23.8 Å². The monoisotopic (exact) mass is 429 g/mol. The van der Waals surface area contributed by atoms with Crippen LogP contribution in [0.25, 0.3) is 11.0 Å². The Morgan fingerprint density at radius 1 is 1.03 bits per heavy atom. The van der Waals surface area contributed by atoms with Crippen LogP contribution < -0.4 is 10.1 Å². The standard InChI is InChI=1S/C25H23N3O2S/c29-24(26-20-14-15-30-23-13-7-4-10-19(20)23)16-28-22-12-6-5-11-21(22)27-25(28)31-17-18-8-2-1-3-9-18/h1-13,20H,14-17H2,(H,26,29)/t20-/m1/s1. The Kier molecular flexibility index (Phi) is 5.63. The number of carbonyl (C=O) groups excluding carboxylic acids is 1. The number of para-hydroxylation sites is 3. The number of nitrogens with zero attached hydrogens (tertiary/aromatic N) is 2. The topological polar surface area (TPSA) is 56.2 Å². The fourth-order valence-electron chi connectivity index (χ4n) is 3.91. The van der Waals surface area contributed by atoms with E-state index in [0.29, 0.717) is 6.61 Å². The van der Waals surface area contributed by atoms with Crippen molar-refractivity contribution in [1.29, 1.82) is 0 Å². The quantitative estimate of drug-likeness (QED) is 0.440. The minimum atomic E-state index is -0.0346. The van der Waals surface area contributed by atoms with Crippen LogP contribution in [0, 0.1) is 0 Å². The highest BCUT2D eigenvalue weighted by Crippen LogP contribution is 2.32. The molecule has 5 nitrogen and oxygen atoms in total. The lowest BCUT2D eigenvalue weighted by molar-refractivity contribution is -0.122. The van der Waals surface area contributed by atoms with Gasteiger partial charge in [0.2, 0.25) is 5.91 Å². The first kappa shape index (κ1) is 19.7. The summed E-state index contributed by atoms with van der Waals surface area (Å²) in [6.07, 6.45) is 0.767. The van der Waals surface area contributed by atoms with Crippen molar-refractivity contribution in [2.24, 2.45) is 0 Å². The van der Waals surface area contributed by atoms with Crippen molar-refractivity contribution >= 4 is 28.7 Å². The van der Waals surface area contributed by atoms with Crippen molar-refractivity contribution in [1.82, 2.24) is 14.9 Å². The van der Waals surface area contributed by atoms with Crippen LogP contribution in [0.4, 0.5) is 0 Å². The first-order valence-corrected chi connectivity index (χ1v) is 11.4. The fraction of sp³-hybridized carbons (Fsp3) is 0.200. The Balaban J connectivity index is 1.36. The molecular weight excluding hydrogens is 406 g/mol. The zero-order chi connectivity index (χ0) is 21.0. The van der Waals surface area contributed by atoms with Crippen molar-refractivity contribution < 1.29 is 9.53 Å². The van der Waals surface area contributed by atoms with Gasteiger partial charge < -0.3 is 14.6 Å². The molecule has 0 spiro atoms. The van der Waals surface area contributed by atoms with Crippen molar-refractivity contribution in [3.8, 4) is 5.75 Å².